The summed E-state index contributed by atoms with van der Waals surface area (Å²) in [7, 11) is 0. The Morgan fingerprint density at radius 3 is 2.53 bits per heavy atom. The van der Waals surface area contributed by atoms with E-state index in [-0.39, 0.29) is 18.9 Å². The van der Waals surface area contributed by atoms with Crippen LogP contribution in [0.3, 0.4) is 0 Å². The van der Waals surface area contributed by atoms with Crippen LogP contribution in [0, 0.1) is 12.8 Å². The van der Waals surface area contributed by atoms with Gasteiger partial charge in [0.2, 0.25) is 5.91 Å². The van der Waals surface area contributed by atoms with Crippen LogP contribution in [0.4, 0.5) is 11.4 Å². The summed E-state index contributed by atoms with van der Waals surface area (Å²) in [6, 6.07) is 13.7. The van der Waals surface area contributed by atoms with Crippen molar-refractivity contribution in [1.82, 2.24) is 0 Å². The molecule has 2 aromatic rings. The van der Waals surface area contributed by atoms with Gasteiger partial charge in [0.15, 0.2) is 6.61 Å². The highest BCUT2D eigenvalue weighted by Gasteiger charge is 2.36. The summed E-state index contributed by atoms with van der Waals surface area (Å²) in [5.41, 5.74) is 2.59. The van der Waals surface area contributed by atoms with Gasteiger partial charge in [0, 0.05) is 24.3 Å². The Balaban J connectivity index is 1.51. The zero-order valence-electron chi connectivity index (χ0n) is 18.1. The molecule has 1 heterocycles. The highest BCUT2D eigenvalue weighted by Crippen LogP contribution is 2.26. The topological polar surface area (TPSA) is 102 Å². The van der Waals surface area contributed by atoms with Gasteiger partial charge in [0.05, 0.1) is 18.1 Å². The Bertz CT molecular complexity index is 1000. The molecule has 32 heavy (non-hydrogen) atoms. The number of benzene rings is 2. The van der Waals surface area contributed by atoms with E-state index in [0.717, 1.165) is 12.0 Å². The third-order valence-electron chi connectivity index (χ3n) is 4.96. The molecule has 2 amide bonds. The zero-order chi connectivity index (χ0) is 23.1. The lowest BCUT2D eigenvalue weighted by Crippen LogP contribution is -2.28. The number of hydrogen-bond donors (Lipinski definition) is 1. The number of amides is 2. The standard InChI is InChI=1S/C24H26N2O6/c1-3-11-31-23(29)17-7-9-20(10-8-17)26-14-18(13-22(26)28)24(30)32-15-21(27)25-19-6-4-5-16(2)12-19/h4-10,12,18H,3,11,13-15H2,1-2H3,(H,25,27)/t18-/m1/s1. The summed E-state index contributed by atoms with van der Waals surface area (Å²) in [5.74, 6) is -2.35. The van der Waals surface area contributed by atoms with Crippen molar-refractivity contribution >= 4 is 35.1 Å². The van der Waals surface area contributed by atoms with Crippen LogP contribution in [0.25, 0.3) is 0 Å². The lowest BCUT2D eigenvalue weighted by atomic mass is 10.1. The number of ether oxygens (including phenoxy) is 2. The van der Waals surface area contributed by atoms with Gasteiger partial charge in [-0.1, -0.05) is 19.1 Å². The molecule has 8 nitrogen and oxygen atoms in total. The van der Waals surface area contributed by atoms with Gasteiger partial charge in [0.25, 0.3) is 5.91 Å². The molecule has 0 aromatic heterocycles. The van der Waals surface area contributed by atoms with Gasteiger partial charge >= 0.3 is 11.9 Å². The molecule has 0 unspecified atom stereocenters. The largest absolute Gasteiger partial charge is 0.462 e. The fourth-order valence-electron chi connectivity index (χ4n) is 3.34. The molecule has 1 saturated heterocycles. The predicted molar refractivity (Wildman–Crippen MR) is 118 cm³/mol. The van der Waals surface area contributed by atoms with Crippen molar-refractivity contribution in [2.45, 2.75) is 26.7 Å². The van der Waals surface area contributed by atoms with Crippen LogP contribution in [-0.4, -0.2) is 43.5 Å². The lowest BCUT2D eigenvalue weighted by molar-refractivity contribution is -0.151. The number of aryl methyl sites for hydroxylation is 1. The summed E-state index contributed by atoms with van der Waals surface area (Å²) >= 11 is 0. The summed E-state index contributed by atoms with van der Waals surface area (Å²) in [6.45, 7) is 3.89. The normalized spacial score (nSPS) is 15.4. The fraction of sp³-hybridized carbons (Fsp3) is 0.333. The van der Waals surface area contributed by atoms with Crippen molar-refractivity contribution in [3.05, 3.63) is 59.7 Å². The highest BCUT2D eigenvalue weighted by atomic mass is 16.5. The van der Waals surface area contributed by atoms with Gasteiger partial charge in [-0.3, -0.25) is 14.4 Å². The van der Waals surface area contributed by atoms with Gasteiger partial charge < -0.3 is 19.7 Å². The number of carbonyl (C=O) groups excluding carboxylic acids is 4. The maximum absolute atomic E-state index is 12.4. The van der Waals surface area contributed by atoms with E-state index in [1.807, 2.05) is 32.0 Å². The van der Waals surface area contributed by atoms with Crippen molar-refractivity contribution in [3.63, 3.8) is 0 Å². The molecule has 2 aromatic carbocycles. The second kappa shape index (κ2) is 10.6. The molecule has 0 bridgehead atoms. The first kappa shape index (κ1) is 23.0. The van der Waals surface area contributed by atoms with E-state index in [1.165, 1.54) is 4.90 Å². The van der Waals surface area contributed by atoms with Crippen molar-refractivity contribution in [2.75, 3.05) is 30.0 Å². The monoisotopic (exact) mass is 438 g/mol. The van der Waals surface area contributed by atoms with Gasteiger partial charge in [-0.15, -0.1) is 0 Å². The molecule has 168 valence electrons. The number of nitrogens with zero attached hydrogens (tertiary/aromatic N) is 1. The second-order valence-electron chi connectivity index (χ2n) is 7.61. The van der Waals surface area contributed by atoms with E-state index in [0.29, 0.717) is 23.5 Å². The molecule has 0 aliphatic carbocycles. The quantitative estimate of drug-likeness (QED) is 0.636. The molecule has 8 heteroatoms. The van der Waals surface area contributed by atoms with Crippen molar-refractivity contribution in [2.24, 2.45) is 5.92 Å². The van der Waals surface area contributed by atoms with Crippen LogP contribution in [-0.2, 0) is 23.9 Å². The van der Waals surface area contributed by atoms with Crippen LogP contribution in [0.15, 0.2) is 48.5 Å². The van der Waals surface area contributed by atoms with Crippen molar-refractivity contribution in [3.8, 4) is 0 Å². The van der Waals surface area contributed by atoms with E-state index in [1.54, 1.807) is 30.3 Å². The van der Waals surface area contributed by atoms with Crippen molar-refractivity contribution < 1.29 is 28.7 Å². The Labute approximate surface area is 186 Å². The number of esters is 2. The molecule has 3 rings (SSSR count). The molecule has 1 fully saturated rings. The van der Waals surface area contributed by atoms with Crippen LogP contribution in [0.2, 0.25) is 0 Å². The van der Waals surface area contributed by atoms with Gasteiger partial charge in [-0.05, 0) is 55.3 Å². The first-order chi connectivity index (χ1) is 15.4. The number of nitrogens with one attached hydrogen (secondary N) is 1. The van der Waals surface area contributed by atoms with Gasteiger partial charge in [0.1, 0.15) is 0 Å². The second-order valence-corrected chi connectivity index (χ2v) is 7.61. The van der Waals surface area contributed by atoms with Crippen molar-refractivity contribution in [1.29, 1.82) is 0 Å². The molecule has 0 radical (unpaired) electrons. The average molecular weight is 438 g/mol. The molecular weight excluding hydrogens is 412 g/mol. The van der Waals surface area contributed by atoms with E-state index in [4.69, 9.17) is 9.47 Å². The van der Waals surface area contributed by atoms with Crippen LogP contribution < -0.4 is 10.2 Å². The predicted octanol–water partition coefficient (Wildman–Crippen LogP) is 3.10. The molecular formula is C24H26N2O6. The van der Waals surface area contributed by atoms with E-state index >= 15 is 0 Å². The zero-order valence-corrected chi connectivity index (χ0v) is 18.1. The lowest BCUT2D eigenvalue weighted by Gasteiger charge is -2.17. The summed E-state index contributed by atoms with van der Waals surface area (Å²) in [6.07, 6.45) is 0.732. The van der Waals surface area contributed by atoms with Gasteiger partial charge in [-0.2, -0.15) is 0 Å². The van der Waals surface area contributed by atoms with E-state index in [2.05, 4.69) is 5.32 Å². The fourth-order valence-corrected chi connectivity index (χ4v) is 3.34. The maximum atomic E-state index is 12.4. The first-order valence-electron chi connectivity index (χ1n) is 10.5. The summed E-state index contributed by atoms with van der Waals surface area (Å²) in [5, 5.41) is 2.67. The van der Waals surface area contributed by atoms with Gasteiger partial charge in [-0.25, -0.2) is 4.79 Å². The SMILES string of the molecule is CCCOC(=O)c1ccc(N2C[C@H](C(=O)OCC(=O)Nc3cccc(C)c3)CC2=O)cc1. The smallest absolute Gasteiger partial charge is 0.338 e. The number of rotatable bonds is 8. The average Bonchev–Trinajstić information content (AvgIpc) is 3.17. The van der Waals surface area contributed by atoms with E-state index < -0.39 is 30.4 Å². The summed E-state index contributed by atoms with van der Waals surface area (Å²) in [4.78, 5) is 50.2. The Morgan fingerprint density at radius 2 is 1.84 bits per heavy atom. The number of carbonyl (C=O) groups is 4. The molecule has 1 N–H and O–H groups in total. The highest BCUT2D eigenvalue weighted by molar-refractivity contribution is 6.00. The third-order valence-corrected chi connectivity index (χ3v) is 4.96. The molecule has 0 saturated carbocycles. The minimum atomic E-state index is -0.663. The van der Waals surface area contributed by atoms with Crippen LogP contribution >= 0.6 is 0 Å². The Morgan fingerprint density at radius 1 is 1.09 bits per heavy atom. The minimum Gasteiger partial charge on any atom is -0.462 e. The Hall–Kier alpha value is -3.68. The third kappa shape index (κ3) is 5.94. The van der Waals surface area contributed by atoms with E-state index in [9.17, 15) is 19.2 Å². The first-order valence-corrected chi connectivity index (χ1v) is 10.5. The molecule has 1 aliphatic heterocycles. The molecule has 0 spiro atoms. The summed E-state index contributed by atoms with van der Waals surface area (Å²) < 4.78 is 10.2. The molecule has 1 atom stereocenters. The Kier molecular flexibility index (Phi) is 7.59. The minimum absolute atomic E-state index is 0.00136. The molecule has 1 aliphatic rings. The van der Waals surface area contributed by atoms with Crippen LogP contribution in [0.5, 0.6) is 0 Å². The maximum Gasteiger partial charge on any atom is 0.338 e. The van der Waals surface area contributed by atoms with Crippen LogP contribution in [0.1, 0.15) is 35.7 Å². The number of hydrogen-bond acceptors (Lipinski definition) is 6. The number of anilines is 2.